The number of rotatable bonds is 2. The van der Waals surface area contributed by atoms with Crippen molar-refractivity contribution in [1.29, 1.82) is 0 Å². The molecule has 1 aromatic carbocycles. The predicted octanol–water partition coefficient (Wildman–Crippen LogP) is 0.945. The average Bonchev–Trinajstić information content (AvgIpc) is 2.08. The van der Waals surface area contributed by atoms with Gasteiger partial charge in [-0.2, -0.15) is 0 Å². The molecule has 0 heterocycles. The van der Waals surface area contributed by atoms with Crippen molar-refractivity contribution in [3.8, 4) is 5.75 Å². The third-order valence-corrected chi connectivity index (χ3v) is 1.59. The van der Waals surface area contributed by atoms with E-state index in [0.717, 1.165) is 12.1 Å². The van der Waals surface area contributed by atoms with Crippen LogP contribution < -0.4 is 5.73 Å². The fourth-order valence-electron chi connectivity index (χ4n) is 0.921. The van der Waals surface area contributed by atoms with Crippen molar-refractivity contribution in [3.63, 3.8) is 0 Å². The van der Waals surface area contributed by atoms with E-state index >= 15 is 0 Å². The Bertz CT molecular complexity index is 283. The number of aliphatic hydroxyl groups excluding tert-OH is 1. The summed E-state index contributed by atoms with van der Waals surface area (Å²) in [6.07, 6.45) is 0. The van der Waals surface area contributed by atoms with Crippen molar-refractivity contribution >= 4 is 12.4 Å². The number of phenols is 1. The topological polar surface area (TPSA) is 66.5 Å². The lowest BCUT2D eigenvalue weighted by atomic mass is 10.1. The lowest BCUT2D eigenvalue weighted by Gasteiger charge is -2.09. The molecular weight excluding hydrogens is 197 g/mol. The zero-order valence-electron chi connectivity index (χ0n) is 6.77. The number of hydrogen-bond donors (Lipinski definition) is 3. The summed E-state index contributed by atoms with van der Waals surface area (Å²) in [6.45, 7) is -0.322. The summed E-state index contributed by atoms with van der Waals surface area (Å²) in [5.41, 5.74) is 5.61. The second-order valence-electron chi connectivity index (χ2n) is 2.49. The summed E-state index contributed by atoms with van der Waals surface area (Å²) in [5.74, 6) is -0.579. The number of benzene rings is 1. The Hall–Kier alpha value is -0.840. The zero-order valence-corrected chi connectivity index (χ0v) is 7.59. The molecule has 0 spiro atoms. The summed E-state index contributed by atoms with van der Waals surface area (Å²) in [6, 6.07) is 2.71. The van der Waals surface area contributed by atoms with Gasteiger partial charge in [0.15, 0.2) is 0 Å². The van der Waals surface area contributed by atoms with Gasteiger partial charge in [-0.05, 0) is 18.2 Å². The van der Waals surface area contributed by atoms with Crippen LogP contribution >= 0.6 is 12.4 Å². The van der Waals surface area contributed by atoms with E-state index in [0.29, 0.717) is 0 Å². The Morgan fingerprint density at radius 2 is 2.08 bits per heavy atom. The Kier molecular flexibility index (Phi) is 4.69. The first-order chi connectivity index (χ1) is 5.65. The van der Waals surface area contributed by atoms with E-state index in [1.807, 2.05) is 0 Å². The van der Waals surface area contributed by atoms with E-state index in [1.54, 1.807) is 0 Å². The van der Waals surface area contributed by atoms with E-state index in [4.69, 9.17) is 10.8 Å². The standard InChI is InChI=1S/C8H10FNO2.ClH/c9-5-1-2-8(12)6(3-5)7(10)4-11;/h1-3,7,11-12H,4,10H2;1H/t7-;/m0./s1. The number of aliphatic hydroxyl groups is 1. The van der Waals surface area contributed by atoms with Crippen LogP contribution in [0.2, 0.25) is 0 Å². The second-order valence-corrected chi connectivity index (χ2v) is 2.49. The van der Waals surface area contributed by atoms with Crippen LogP contribution in [-0.2, 0) is 0 Å². The lowest BCUT2D eigenvalue weighted by Crippen LogP contribution is -2.14. The molecule has 0 aliphatic carbocycles. The summed E-state index contributed by atoms with van der Waals surface area (Å²) in [4.78, 5) is 0. The molecule has 1 atom stereocenters. The van der Waals surface area contributed by atoms with Crippen molar-refractivity contribution in [1.82, 2.24) is 0 Å². The van der Waals surface area contributed by atoms with Gasteiger partial charge in [-0.1, -0.05) is 0 Å². The number of aromatic hydroxyl groups is 1. The maximum Gasteiger partial charge on any atom is 0.123 e. The molecule has 0 bridgehead atoms. The molecule has 3 nitrogen and oxygen atoms in total. The van der Waals surface area contributed by atoms with Crippen LogP contribution in [0.25, 0.3) is 0 Å². The van der Waals surface area contributed by atoms with Gasteiger partial charge in [-0.3, -0.25) is 0 Å². The van der Waals surface area contributed by atoms with Crippen LogP contribution in [0.3, 0.4) is 0 Å². The second kappa shape index (κ2) is 5.01. The summed E-state index contributed by atoms with van der Waals surface area (Å²) < 4.78 is 12.6. The highest BCUT2D eigenvalue weighted by atomic mass is 35.5. The molecule has 0 amide bonds. The maximum absolute atomic E-state index is 12.6. The zero-order chi connectivity index (χ0) is 9.14. The Morgan fingerprint density at radius 1 is 1.46 bits per heavy atom. The number of halogens is 2. The molecule has 74 valence electrons. The van der Waals surface area contributed by atoms with Gasteiger partial charge in [-0.15, -0.1) is 12.4 Å². The van der Waals surface area contributed by atoms with Gasteiger partial charge in [0.05, 0.1) is 12.6 Å². The van der Waals surface area contributed by atoms with Crippen LogP contribution in [0.4, 0.5) is 4.39 Å². The van der Waals surface area contributed by atoms with Gasteiger partial charge < -0.3 is 15.9 Å². The van der Waals surface area contributed by atoms with Gasteiger partial charge in [0, 0.05) is 5.56 Å². The minimum absolute atomic E-state index is 0. The van der Waals surface area contributed by atoms with Crippen LogP contribution in [0.1, 0.15) is 11.6 Å². The molecule has 1 rings (SSSR count). The van der Waals surface area contributed by atoms with Crippen molar-refractivity contribution in [2.75, 3.05) is 6.61 Å². The van der Waals surface area contributed by atoms with Crippen LogP contribution in [0.15, 0.2) is 18.2 Å². The maximum atomic E-state index is 12.6. The van der Waals surface area contributed by atoms with Gasteiger partial charge >= 0.3 is 0 Å². The van der Waals surface area contributed by atoms with E-state index in [-0.39, 0.29) is 30.3 Å². The van der Waals surface area contributed by atoms with Gasteiger partial charge in [0.25, 0.3) is 0 Å². The largest absolute Gasteiger partial charge is 0.508 e. The SMILES string of the molecule is Cl.N[C@@H](CO)c1cc(F)ccc1O. The molecule has 4 N–H and O–H groups in total. The van der Waals surface area contributed by atoms with Gasteiger partial charge in [0.1, 0.15) is 11.6 Å². The molecule has 1 aromatic rings. The van der Waals surface area contributed by atoms with Gasteiger partial charge in [-0.25, -0.2) is 4.39 Å². The molecule has 13 heavy (non-hydrogen) atoms. The highest BCUT2D eigenvalue weighted by molar-refractivity contribution is 5.85. The molecule has 5 heteroatoms. The van der Waals surface area contributed by atoms with Crippen molar-refractivity contribution in [3.05, 3.63) is 29.6 Å². The Balaban J connectivity index is 0.00000144. The molecule has 0 saturated heterocycles. The highest BCUT2D eigenvalue weighted by Gasteiger charge is 2.10. The molecule has 0 aliphatic rings. The van der Waals surface area contributed by atoms with Crippen LogP contribution in [0.5, 0.6) is 5.75 Å². The molecule has 0 saturated carbocycles. The molecule has 0 aliphatic heterocycles. The minimum Gasteiger partial charge on any atom is -0.508 e. The summed E-state index contributed by atoms with van der Waals surface area (Å²) in [7, 11) is 0. The third-order valence-electron chi connectivity index (χ3n) is 1.59. The fraction of sp³-hybridized carbons (Fsp3) is 0.250. The van der Waals surface area contributed by atoms with E-state index in [9.17, 15) is 9.50 Å². The number of nitrogens with two attached hydrogens (primary N) is 1. The number of phenolic OH excluding ortho intramolecular Hbond substituents is 1. The first-order valence-electron chi connectivity index (χ1n) is 3.50. The van der Waals surface area contributed by atoms with Crippen molar-refractivity contribution < 1.29 is 14.6 Å². The van der Waals surface area contributed by atoms with Crippen molar-refractivity contribution in [2.24, 2.45) is 5.73 Å². The van der Waals surface area contributed by atoms with E-state index < -0.39 is 11.9 Å². The van der Waals surface area contributed by atoms with Crippen LogP contribution in [0, 0.1) is 5.82 Å². The molecule has 0 unspecified atom stereocenters. The number of hydrogen-bond acceptors (Lipinski definition) is 3. The van der Waals surface area contributed by atoms with E-state index in [1.165, 1.54) is 6.07 Å². The quantitative estimate of drug-likeness (QED) is 0.677. The Morgan fingerprint density at radius 3 is 2.62 bits per heavy atom. The average molecular weight is 208 g/mol. The highest BCUT2D eigenvalue weighted by Crippen LogP contribution is 2.22. The van der Waals surface area contributed by atoms with Crippen molar-refractivity contribution in [2.45, 2.75) is 6.04 Å². The molecule has 0 radical (unpaired) electrons. The first kappa shape index (κ1) is 12.2. The summed E-state index contributed by atoms with van der Waals surface area (Å²) >= 11 is 0. The van der Waals surface area contributed by atoms with Gasteiger partial charge in [0.2, 0.25) is 0 Å². The normalized spacial score (nSPS) is 11.9. The smallest absolute Gasteiger partial charge is 0.123 e. The summed E-state index contributed by atoms with van der Waals surface area (Å²) in [5, 5.41) is 17.8. The Labute approximate surface area is 81.4 Å². The molecule has 0 aromatic heterocycles. The molecule has 0 fully saturated rings. The van der Waals surface area contributed by atoms with Crippen LogP contribution in [-0.4, -0.2) is 16.8 Å². The lowest BCUT2D eigenvalue weighted by molar-refractivity contribution is 0.265. The fourth-order valence-corrected chi connectivity index (χ4v) is 0.921. The third kappa shape index (κ3) is 2.84. The van der Waals surface area contributed by atoms with E-state index in [2.05, 4.69) is 0 Å². The monoisotopic (exact) mass is 207 g/mol. The first-order valence-corrected chi connectivity index (χ1v) is 3.50. The predicted molar refractivity (Wildman–Crippen MR) is 49.3 cm³/mol. The molecular formula is C8H11ClFNO2. The minimum atomic E-state index is -0.735.